The topological polar surface area (TPSA) is 82.3 Å². The molecule has 120 valence electrons. The molecule has 0 bridgehead atoms. The third kappa shape index (κ3) is 3.77. The van der Waals surface area contributed by atoms with Gasteiger partial charge in [0.25, 0.3) is 0 Å². The van der Waals surface area contributed by atoms with E-state index >= 15 is 0 Å². The molecule has 1 aromatic rings. The summed E-state index contributed by atoms with van der Waals surface area (Å²) in [5.41, 5.74) is 5.46. The molecule has 2 rings (SSSR count). The van der Waals surface area contributed by atoms with E-state index in [0.29, 0.717) is 0 Å². The molecule has 1 aliphatic heterocycles. The van der Waals surface area contributed by atoms with Crippen LogP contribution in [0.5, 0.6) is 0 Å². The van der Waals surface area contributed by atoms with Gasteiger partial charge in [0.05, 0.1) is 12.2 Å². The van der Waals surface area contributed by atoms with Crippen molar-refractivity contribution < 1.29 is 18.4 Å². The average molecular weight is 312 g/mol. The van der Waals surface area contributed by atoms with E-state index in [9.17, 15) is 18.4 Å². The molecule has 8 heteroatoms. The maximum Gasteiger partial charge on any atom is 0.243 e. The first-order valence-corrected chi connectivity index (χ1v) is 6.91. The summed E-state index contributed by atoms with van der Waals surface area (Å²) < 4.78 is 27.4. The van der Waals surface area contributed by atoms with E-state index in [2.05, 4.69) is 21.5 Å². The predicted molar refractivity (Wildman–Crippen MR) is 75.2 cm³/mol. The van der Waals surface area contributed by atoms with Crippen LogP contribution in [0.2, 0.25) is 0 Å². The molecule has 2 amide bonds. The van der Waals surface area contributed by atoms with E-state index in [1.807, 2.05) is 0 Å². The van der Waals surface area contributed by atoms with Crippen LogP contribution in [-0.2, 0) is 9.59 Å². The molecule has 1 aromatic carbocycles. The lowest BCUT2D eigenvalue weighted by molar-refractivity contribution is -0.128. The molecule has 1 aliphatic rings. The number of nitrogens with one attached hydrogen (secondary N) is 4. The fourth-order valence-corrected chi connectivity index (χ4v) is 2.35. The summed E-state index contributed by atoms with van der Waals surface area (Å²) in [5, 5.41) is 5.11. The van der Waals surface area contributed by atoms with Crippen molar-refractivity contribution in [3.8, 4) is 0 Å². The molecular weight excluding hydrogens is 294 g/mol. The van der Waals surface area contributed by atoms with E-state index in [1.54, 1.807) is 6.92 Å². The van der Waals surface area contributed by atoms with Crippen molar-refractivity contribution in [3.63, 3.8) is 0 Å². The van der Waals surface area contributed by atoms with Crippen LogP contribution in [0.3, 0.4) is 0 Å². The van der Waals surface area contributed by atoms with Crippen molar-refractivity contribution in [2.75, 3.05) is 0 Å². The van der Waals surface area contributed by atoms with Gasteiger partial charge < -0.3 is 10.6 Å². The van der Waals surface area contributed by atoms with Crippen LogP contribution < -0.4 is 21.5 Å². The number of hydrazine groups is 1. The largest absolute Gasteiger partial charge is 0.345 e. The zero-order valence-electron chi connectivity index (χ0n) is 12.2. The molecule has 3 atom stereocenters. The quantitative estimate of drug-likeness (QED) is 0.651. The van der Waals surface area contributed by atoms with E-state index in [0.717, 1.165) is 0 Å². The molecule has 0 spiro atoms. The maximum absolute atomic E-state index is 13.7. The highest BCUT2D eigenvalue weighted by molar-refractivity contribution is 5.86. The summed E-state index contributed by atoms with van der Waals surface area (Å²) in [7, 11) is 0. The second kappa shape index (κ2) is 6.80. The Kier molecular flexibility index (Phi) is 5.04. The van der Waals surface area contributed by atoms with Crippen LogP contribution in [-0.4, -0.2) is 24.0 Å². The highest BCUT2D eigenvalue weighted by atomic mass is 19.1. The summed E-state index contributed by atoms with van der Waals surface area (Å²) in [6.45, 7) is 2.86. The van der Waals surface area contributed by atoms with Gasteiger partial charge in [-0.2, -0.15) is 0 Å². The van der Waals surface area contributed by atoms with Crippen LogP contribution in [0.4, 0.5) is 8.78 Å². The van der Waals surface area contributed by atoms with Crippen molar-refractivity contribution in [2.45, 2.75) is 38.5 Å². The van der Waals surface area contributed by atoms with Gasteiger partial charge >= 0.3 is 0 Å². The molecular formula is C14H18F2N4O2. The second-order valence-corrected chi connectivity index (χ2v) is 5.20. The molecule has 0 aliphatic carbocycles. The van der Waals surface area contributed by atoms with Crippen LogP contribution >= 0.6 is 0 Å². The number of halogens is 2. The van der Waals surface area contributed by atoms with Crippen LogP contribution in [0.15, 0.2) is 18.2 Å². The second-order valence-electron chi connectivity index (χ2n) is 5.20. The summed E-state index contributed by atoms with van der Waals surface area (Å²) in [6.07, 6.45) is -0.219. The molecule has 1 heterocycles. The Labute approximate surface area is 126 Å². The minimum absolute atomic E-state index is 0.0679. The fraction of sp³-hybridized carbons (Fsp3) is 0.429. The SMILES string of the molecule is CC(=O)NC(C)C(=O)NC1CC(c2c(F)cccc2F)NN1. The molecule has 4 N–H and O–H groups in total. The highest BCUT2D eigenvalue weighted by Gasteiger charge is 2.30. The summed E-state index contributed by atoms with van der Waals surface area (Å²) in [5.74, 6) is -1.98. The molecule has 1 fully saturated rings. The molecule has 0 aromatic heterocycles. The lowest BCUT2D eigenvalue weighted by Gasteiger charge is -2.17. The Morgan fingerprint density at radius 1 is 1.27 bits per heavy atom. The number of amides is 2. The van der Waals surface area contributed by atoms with Crippen molar-refractivity contribution in [3.05, 3.63) is 35.4 Å². The van der Waals surface area contributed by atoms with E-state index < -0.39 is 29.9 Å². The number of rotatable bonds is 4. The standard InChI is InChI=1S/C14H18F2N4O2/c1-7(17-8(2)21)14(22)18-12-6-11(19-20-12)13-9(15)4-3-5-10(13)16/h3-5,7,11-12,19-20H,6H2,1-2H3,(H,17,21)(H,18,22). The molecule has 0 radical (unpaired) electrons. The minimum Gasteiger partial charge on any atom is -0.345 e. The predicted octanol–water partition coefficient (Wildman–Crippen LogP) is 0.471. The number of carbonyl (C=O) groups excluding carboxylic acids is 2. The smallest absolute Gasteiger partial charge is 0.243 e. The van der Waals surface area contributed by atoms with Crippen molar-refractivity contribution in [1.29, 1.82) is 0 Å². The van der Waals surface area contributed by atoms with Gasteiger partial charge in [-0.05, 0) is 19.1 Å². The van der Waals surface area contributed by atoms with Crippen molar-refractivity contribution in [2.24, 2.45) is 0 Å². The van der Waals surface area contributed by atoms with E-state index in [4.69, 9.17) is 0 Å². The van der Waals surface area contributed by atoms with Gasteiger partial charge in [-0.15, -0.1) is 0 Å². The molecule has 3 unspecified atom stereocenters. The molecule has 22 heavy (non-hydrogen) atoms. The Morgan fingerprint density at radius 3 is 2.50 bits per heavy atom. The van der Waals surface area contributed by atoms with Gasteiger partial charge in [0.2, 0.25) is 11.8 Å². The first-order valence-electron chi connectivity index (χ1n) is 6.91. The van der Waals surface area contributed by atoms with Crippen LogP contribution in [0, 0.1) is 11.6 Å². The zero-order chi connectivity index (χ0) is 16.3. The lowest BCUT2D eigenvalue weighted by atomic mass is 10.0. The fourth-order valence-electron chi connectivity index (χ4n) is 2.35. The summed E-state index contributed by atoms with van der Waals surface area (Å²) in [6, 6.07) is 2.38. The van der Waals surface area contributed by atoms with Gasteiger partial charge in [-0.3, -0.25) is 9.59 Å². The Hall–Kier alpha value is -2.06. The Bertz CT molecular complexity index is 562. The van der Waals surface area contributed by atoms with Gasteiger partial charge in [0, 0.05) is 18.9 Å². The number of hydrogen-bond donors (Lipinski definition) is 4. The van der Waals surface area contributed by atoms with Gasteiger partial charge in [-0.25, -0.2) is 19.6 Å². The summed E-state index contributed by atoms with van der Waals surface area (Å²) >= 11 is 0. The lowest BCUT2D eigenvalue weighted by Crippen LogP contribution is -2.51. The third-order valence-electron chi connectivity index (χ3n) is 3.38. The Balaban J connectivity index is 1.96. The average Bonchev–Trinajstić information content (AvgIpc) is 2.86. The normalized spacial score (nSPS) is 22.2. The first kappa shape index (κ1) is 16.3. The van der Waals surface area contributed by atoms with E-state index in [-0.39, 0.29) is 23.8 Å². The summed E-state index contributed by atoms with van der Waals surface area (Å²) in [4.78, 5) is 22.8. The molecule has 6 nitrogen and oxygen atoms in total. The monoisotopic (exact) mass is 312 g/mol. The first-order chi connectivity index (χ1) is 10.4. The number of carbonyl (C=O) groups is 2. The van der Waals surface area contributed by atoms with Crippen LogP contribution in [0.25, 0.3) is 0 Å². The zero-order valence-corrected chi connectivity index (χ0v) is 12.2. The van der Waals surface area contributed by atoms with Crippen molar-refractivity contribution >= 4 is 11.8 Å². The number of benzene rings is 1. The maximum atomic E-state index is 13.7. The minimum atomic E-state index is -0.691. The van der Waals surface area contributed by atoms with Crippen LogP contribution in [0.1, 0.15) is 31.9 Å². The molecule has 1 saturated heterocycles. The third-order valence-corrected chi connectivity index (χ3v) is 3.38. The number of hydrogen-bond acceptors (Lipinski definition) is 4. The Morgan fingerprint density at radius 2 is 1.91 bits per heavy atom. The van der Waals surface area contributed by atoms with Gasteiger partial charge in [-0.1, -0.05) is 6.07 Å². The van der Waals surface area contributed by atoms with Gasteiger partial charge in [0.15, 0.2) is 0 Å². The van der Waals surface area contributed by atoms with E-state index in [1.165, 1.54) is 25.1 Å². The highest BCUT2D eigenvalue weighted by Crippen LogP contribution is 2.26. The van der Waals surface area contributed by atoms with Crippen molar-refractivity contribution in [1.82, 2.24) is 21.5 Å². The van der Waals surface area contributed by atoms with Gasteiger partial charge in [0.1, 0.15) is 17.7 Å². The molecule has 0 saturated carbocycles.